The van der Waals surface area contributed by atoms with E-state index in [4.69, 9.17) is 0 Å². The number of hydrogen-bond donors (Lipinski definition) is 2. The molecule has 0 saturated heterocycles. The van der Waals surface area contributed by atoms with Crippen LogP contribution in [-0.2, 0) is 4.79 Å². The molecule has 0 unspecified atom stereocenters. The van der Waals surface area contributed by atoms with E-state index in [1.54, 1.807) is 18.2 Å². The number of hydrogen-bond acceptors (Lipinski definition) is 3. The molecule has 1 aliphatic heterocycles. The van der Waals surface area contributed by atoms with Crippen molar-refractivity contribution < 1.29 is 14.0 Å². The van der Waals surface area contributed by atoms with Crippen molar-refractivity contribution in [2.75, 3.05) is 31.5 Å². The SMILES string of the molecule is CCN(CC)CCNC(=O)c1ccc(/C=C2\C(=O)Nc3ccc(F)cc32)[se]1. The van der Waals surface area contributed by atoms with E-state index in [0.29, 0.717) is 23.4 Å². The van der Waals surface area contributed by atoms with E-state index in [0.717, 1.165) is 28.5 Å². The van der Waals surface area contributed by atoms with Crippen LogP contribution in [0.1, 0.15) is 33.1 Å². The van der Waals surface area contributed by atoms with Crippen LogP contribution >= 0.6 is 0 Å². The first-order valence-corrected chi connectivity index (χ1v) is 10.7. The topological polar surface area (TPSA) is 61.4 Å². The Morgan fingerprint density at radius 1 is 1.26 bits per heavy atom. The summed E-state index contributed by atoms with van der Waals surface area (Å²) < 4.78 is 15.2. The fourth-order valence-electron chi connectivity index (χ4n) is 2.95. The molecule has 1 aromatic heterocycles. The van der Waals surface area contributed by atoms with Gasteiger partial charge in [0.25, 0.3) is 0 Å². The summed E-state index contributed by atoms with van der Waals surface area (Å²) in [4.78, 5) is 26.8. The molecule has 0 aliphatic carbocycles. The van der Waals surface area contributed by atoms with Crippen molar-refractivity contribution in [1.82, 2.24) is 10.2 Å². The molecule has 0 fully saturated rings. The van der Waals surface area contributed by atoms with Crippen molar-refractivity contribution in [3.63, 3.8) is 0 Å². The number of halogens is 1. The second-order valence-electron chi connectivity index (χ2n) is 6.19. The van der Waals surface area contributed by atoms with Crippen LogP contribution in [0.2, 0.25) is 0 Å². The molecule has 7 heteroatoms. The molecule has 1 aliphatic rings. The molecule has 2 heterocycles. The number of amides is 2. The zero-order valence-corrected chi connectivity index (χ0v) is 17.1. The first kappa shape index (κ1) is 19.5. The number of carbonyl (C=O) groups is 2. The third-order valence-electron chi connectivity index (χ3n) is 4.51. The third-order valence-corrected chi connectivity index (χ3v) is 6.67. The van der Waals surface area contributed by atoms with E-state index in [1.165, 1.54) is 12.1 Å². The zero-order chi connectivity index (χ0) is 19.4. The maximum absolute atomic E-state index is 13.5. The van der Waals surface area contributed by atoms with Crippen LogP contribution in [0.5, 0.6) is 0 Å². The van der Waals surface area contributed by atoms with Crippen LogP contribution in [0, 0.1) is 5.82 Å². The fourth-order valence-corrected chi connectivity index (χ4v) is 4.77. The van der Waals surface area contributed by atoms with Gasteiger partial charge in [0.2, 0.25) is 0 Å². The summed E-state index contributed by atoms with van der Waals surface area (Å²) in [6, 6.07) is 7.90. The molecular formula is C20H22FN3O2Se. The predicted octanol–water partition coefficient (Wildman–Crippen LogP) is 2.45. The average Bonchev–Trinajstić information content (AvgIpc) is 3.24. The summed E-state index contributed by atoms with van der Waals surface area (Å²) in [5.74, 6) is -0.688. The Balaban J connectivity index is 1.69. The van der Waals surface area contributed by atoms with Crippen molar-refractivity contribution in [2.24, 2.45) is 0 Å². The van der Waals surface area contributed by atoms with E-state index >= 15 is 0 Å². The molecule has 3 rings (SSSR count). The zero-order valence-electron chi connectivity index (χ0n) is 15.3. The van der Waals surface area contributed by atoms with Gasteiger partial charge in [-0.1, -0.05) is 0 Å². The second-order valence-corrected chi connectivity index (χ2v) is 8.53. The molecule has 0 radical (unpaired) electrons. The quantitative estimate of drug-likeness (QED) is 0.520. The van der Waals surface area contributed by atoms with Gasteiger partial charge in [-0.25, -0.2) is 0 Å². The molecule has 0 atom stereocenters. The van der Waals surface area contributed by atoms with Gasteiger partial charge in [0.15, 0.2) is 0 Å². The van der Waals surface area contributed by atoms with Crippen LogP contribution in [-0.4, -0.2) is 57.4 Å². The molecule has 0 saturated carbocycles. The molecule has 2 N–H and O–H groups in total. The van der Waals surface area contributed by atoms with Crippen LogP contribution < -0.4 is 10.6 Å². The van der Waals surface area contributed by atoms with Crippen LogP contribution in [0.15, 0.2) is 30.3 Å². The van der Waals surface area contributed by atoms with Gasteiger partial charge in [-0.05, 0) is 0 Å². The number of fused-ring (bicyclic) bond motifs is 1. The number of likely N-dealkylation sites (N-methyl/N-ethyl adjacent to an activating group) is 1. The normalized spacial score (nSPS) is 14.5. The van der Waals surface area contributed by atoms with Gasteiger partial charge in [-0.15, -0.1) is 0 Å². The monoisotopic (exact) mass is 435 g/mol. The minimum absolute atomic E-state index is 0.0610. The van der Waals surface area contributed by atoms with E-state index in [2.05, 4.69) is 29.4 Å². The minimum atomic E-state index is -0.381. The van der Waals surface area contributed by atoms with Gasteiger partial charge in [0.1, 0.15) is 0 Å². The van der Waals surface area contributed by atoms with Gasteiger partial charge in [0, 0.05) is 0 Å². The molecule has 0 bridgehead atoms. The number of nitrogens with one attached hydrogen (secondary N) is 2. The van der Waals surface area contributed by atoms with E-state index in [9.17, 15) is 14.0 Å². The Labute approximate surface area is 164 Å². The molecule has 142 valence electrons. The van der Waals surface area contributed by atoms with Gasteiger partial charge in [-0.3, -0.25) is 0 Å². The van der Waals surface area contributed by atoms with Gasteiger partial charge < -0.3 is 0 Å². The molecule has 2 amide bonds. The van der Waals surface area contributed by atoms with Crippen LogP contribution in [0.3, 0.4) is 0 Å². The molecule has 0 spiro atoms. The molecule has 2 aromatic rings. The summed E-state index contributed by atoms with van der Waals surface area (Å²) in [6.07, 6.45) is 1.76. The number of benzene rings is 1. The fraction of sp³-hybridized carbons (Fsp3) is 0.300. The van der Waals surface area contributed by atoms with Crippen molar-refractivity contribution in [3.05, 3.63) is 50.6 Å². The van der Waals surface area contributed by atoms with E-state index in [-0.39, 0.29) is 32.1 Å². The Bertz CT molecular complexity index is 887. The standard InChI is InChI=1S/C20H22FN3O2Se/c1-3-24(4-2)10-9-22-20(26)18-8-6-14(27-18)12-16-15-11-13(21)5-7-17(15)23-19(16)25/h5-8,11-12H,3-4,9-10H2,1-2H3,(H,22,26)(H,23,25)/b16-12-. The van der Waals surface area contributed by atoms with Crippen molar-refractivity contribution in [3.8, 4) is 0 Å². The van der Waals surface area contributed by atoms with Gasteiger partial charge in [-0.2, -0.15) is 0 Å². The van der Waals surface area contributed by atoms with Crippen molar-refractivity contribution >= 4 is 43.7 Å². The Hall–Kier alpha value is -2.21. The van der Waals surface area contributed by atoms with Crippen molar-refractivity contribution in [1.29, 1.82) is 0 Å². The van der Waals surface area contributed by atoms with E-state index in [1.807, 2.05) is 6.07 Å². The summed E-state index contributed by atoms with van der Waals surface area (Å²) in [5, 5.41) is 5.69. The summed E-state index contributed by atoms with van der Waals surface area (Å²) in [6.45, 7) is 7.55. The summed E-state index contributed by atoms with van der Waals surface area (Å²) in [5.41, 5.74) is 1.61. The van der Waals surface area contributed by atoms with Gasteiger partial charge in [0.05, 0.1) is 0 Å². The van der Waals surface area contributed by atoms with Crippen LogP contribution in [0.25, 0.3) is 11.6 Å². The van der Waals surface area contributed by atoms with Crippen molar-refractivity contribution in [2.45, 2.75) is 13.8 Å². The number of carbonyl (C=O) groups excluding carboxylic acids is 2. The Morgan fingerprint density at radius 2 is 2.04 bits per heavy atom. The summed E-state index contributed by atoms with van der Waals surface area (Å²) in [7, 11) is 0. The maximum atomic E-state index is 13.5. The molecule has 5 nitrogen and oxygen atoms in total. The number of anilines is 1. The average molecular weight is 434 g/mol. The number of nitrogens with zero attached hydrogens (tertiary/aromatic N) is 1. The Kier molecular flexibility index (Phi) is 6.26. The van der Waals surface area contributed by atoms with E-state index < -0.39 is 0 Å². The molecule has 27 heavy (non-hydrogen) atoms. The predicted molar refractivity (Wildman–Crippen MR) is 106 cm³/mol. The third kappa shape index (κ3) is 4.56. The first-order valence-electron chi connectivity index (χ1n) is 8.95. The molecule has 1 aromatic carbocycles. The van der Waals surface area contributed by atoms with Crippen LogP contribution in [0.4, 0.5) is 10.1 Å². The first-order chi connectivity index (χ1) is 13.0. The Morgan fingerprint density at radius 3 is 2.78 bits per heavy atom. The molecular weight excluding hydrogens is 412 g/mol. The van der Waals surface area contributed by atoms with Gasteiger partial charge >= 0.3 is 164 Å². The second kappa shape index (κ2) is 8.65. The number of rotatable bonds is 7. The summed E-state index contributed by atoms with van der Waals surface area (Å²) >= 11 is -0.178.